The van der Waals surface area contributed by atoms with E-state index in [0.29, 0.717) is 0 Å². The normalized spacial score (nSPS) is 10.9. The number of hydrogen-bond acceptors (Lipinski definition) is 4. The lowest BCUT2D eigenvalue weighted by molar-refractivity contribution is 1.18. The monoisotopic (exact) mass is 280 g/mol. The highest BCUT2D eigenvalue weighted by Gasteiger charge is 2.04. The van der Waals surface area contributed by atoms with E-state index >= 15 is 0 Å². The Labute approximate surface area is 112 Å². The Balaban J connectivity index is 1.81. The van der Waals surface area contributed by atoms with Gasteiger partial charge in [0, 0.05) is 9.90 Å². The number of thiazole rings is 1. The fraction of sp³-hybridized carbons (Fsp3) is 0.0833. The van der Waals surface area contributed by atoms with Crippen LogP contribution in [0.3, 0.4) is 0 Å². The maximum absolute atomic E-state index is 5.93. The molecule has 0 radical (unpaired) electrons. The van der Waals surface area contributed by atoms with Crippen LogP contribution in [-0.4, -0.2) is 4.98 Å². The Kier molecular flexibility index (Phi) is 3.01. The second-order valence-electron chi connectivity index (χ2n) is 3.56. The van der Waals surface area contributed by atoms with Gasteiger partial charge >= 0.3 is 0 Å². The van der Waals surface area contributed by atoms with Gasteiger partial charge in [-0.3, -0.25) is 0 Å². The standard InChI is InChI=1S/C12H9ClN2S2/c13-8-3-4-11-10(6-8)15-12(17-11)14-7-9-2-1-5-16-9/h1-6H,7H2,(H,14,15). The molecule has 0 aliphatic rings. The molecule has 5 heteroatoms. The maximum atomic E-state index is 5.93. The molecular weight excluding hydrogens is 272 g/mol. The Bertz CT molecular complexity index is 631. The summed E-state index contributed by atoms with van der Waals surface area (Å²) in [6, 6.07) is 9.96. The molecule has 0 bridgehead atoms. The molecule has 86 valence electrons. The van der Waals surface area contributed by atoms with Crippen molar-refractivity contribution in [2.24, 2.45) is 0 Å². The summed E-state index contributed by atoms with van der Waals surface area (Å²) in [5.41, 5.74) is 0.955. The fourth-order valence-corrected chi connectivity index (χ4v) is 3.20. The van der Waals surface area contributed by atoms with Gasteiger partial charge in [0.05, 0.1) is 16.8 Å². The molecule has 0 unspecified atom stereocenters. The molecule has 0 spiro atoms. The molecule has 1 aromatic carbocycles. The molecule has 0 amide bonds. The molecule has 2 heterocycles. The van der Waals surface area contributed by atoms with Crippen LogP contribution in [0, 0.1) is 0 Å². The highest BCUT2D eigenvalue weighted by molar-refractivity contribution is 7.22. The lowest BCUT2D eigenvalue weighted by Crippen LogP contribution is -1.95. The summed E-state index contributed by atoms with van der Waals surface area (Å²) in [5.74, 6) is 0. The minimum Gasteiger partial charge on any atom is -0.357 e. The summed E-state index contributed by atoms with van der Waals surface area (Å²) in [7, 11) is 0. The van der Waals surface area contributed by atoms with Crippen LogP contribution >= 0.6 is 34.3 Å². The first-order chi connectivity index (χ1) is 8.31. The number of anilines is 1. The van der Waals surface area contributed by atoms with Crippen molar-refractivity contribution in [3.05, 3.63) is 45.6 Å². The van der Waals surface area contributed by atoms with Crippen LogP contribution in [0.5, 0.6) is 0 Å². The molecule has 0 atom stereocenters. The average Bonchev–Trinajstić information content (AvgIpc) is 2.94. The van der Waals surface area contributed by atoms with E-state index in [0.717, 1.165) is 26.9 Å². The van der Waals surface area contributed by atoms with Crippen LogP contribution in [0.25, 0.3) is 10.2 Å². The molecule has 3 aromatic rings. The van der Waals surface area contributed by atoms with E-state index in [1.807, 2.05) is 18.2 Å². The number of halogens is 1. The fourth-order valence-electron chi connectivity index (χ4n) is 1.55. The number of rotatable bonds is 3. The van der Waals surface area contributed by atoms with Crippen molar-refractivity contribution in [2.75, 3.05) is 5.32 Å². The van der Waals surface area contributed by atoms with Crippen LogP contribution in [0.15, 0.2) is 35.7 Å². The smallest absolute Gasteiger partial charge is 0.184 e. The summed E-state index contributed by atoms with van der Waals surface area (Å²) in [6.45, 7) is 0.825. The summed E-state index contributed by atoms with van der Waals surface area (Å²) in [6.07, 6.45) is 0. The Hall–Kier alpha value is -1.10. The van der Waals surface area contributed by atoms with Crippen LogP contribution in [0.4, 0.5) is 5.13 Å². The Morgan fingerprint density at radius 3 is 3.06 bits per heavy atom. The SMILES string of the molecule is Clc1ccc2sc(NCc3cccs3)nc2c1. The topological polar surface area (TPSA) is 24.9 Å². The van der Waals surface area contributed by atoms with E-state index in [1.165, 1.54) is 4.88 Å². The van der Waals surface area contributed by atoms with Crippen LogP contribution in [0.1, 0.15) is 4.88 Å². The largest absolute Gasteiger partial charge is 0.357 e. The first-order valence-electron chi connectivity index (χ1n) is 5.13. The highest BCUT2D eigenvalue weighted by Crippen LogP contribution is 2.28. The molecule has 0 fully saturated rings. The van der Waals surface area contributed by atoms with Crippen molar-refractivity contribution < 1.29 is 0 Å². The van der Waals surface area contributed by atoms with Gasteiger partial charge in [-0.15, -0.1) is 11.3 Å². The van der Waals surface area contributed by atoms with Crippen molar-refractivity contribution in [3.63, 3.8) is 0 Å². The Morgan fingerprint density at radius 1 is 1.29 bits per heavy atom. The lowest BCUT2D eigenvalue weighted by atomic mass is 10.3. The molecule has 1 N–H and O–H groups in total. The summed E-state index contributed by atoms with van der Waals surface area (Å²) < 4.78 is 1.16. The zero-order valence-electron chi connectivity index (χ0n) is 8.81. The minimum absolute atomic E-state index is 0.729. The molecule has 0 aliphatic heterocycles. The van der Waals surface area contributed by atoms with Gasteiger partial charge in [0.25, 0.3) is 0 Å². The second kappa shape index (κ2) is 4.64. The first kappa shape index (κ1) is 11.0. The predicted molar refractivity (Wildman–Crippen MR) is 76.3 cm³/mol. The van der Waals surface area contributed by atoms with E-state index in [2.05, 4.69) is 27.8 Å². The molecule has 17 heavy (non-hydrogen) atoms. The van der Waals surface area contributed by atoms with Gasteiger partial charge in [0.15, 0.2) is 5.13 Å². The molecule has 0 saturated carbocycles. The molecule has 0 aliphatic carbocycles. The summed E-state index contributed by atoms with van der Waals surface area (Å²) in [4.78, 5) is 5.81. The number of nitrogens with one attached hydrogen (secondary N) is 1. The lowest BCUT2D eigenvalue weighted by Gasteiger charge is -1.97. The molecule has 2 aromatic heterocycles. The minimum atomic E-state index is 0.729. The third-order valence-electron chi connectivity index (χ3n) is 2.34. The number of thiophene rings is 1. The third-order valence-corrected chi connectivity index (χ3v) is 4.45. The van der Waals surface area contributed by atoms with Crippen molar-refractivity contribution in [2.45, 2.75) is 6.54 Å². The van der Waals surface area contributed by atoms with E-state index in [1.54, 1.807) is 22.7 Å². The zero-order chi connectivity index (χ0) is 11.7. The van der Waals surface area contributed by atoms with E-state index in [9.17, 15) is 0 Å². The van der Waals surface area contributed by atoms with Crippen molar-refractivity contribution in [3.8, 4) is 0 Å². The van der Waals surface area contributed by atoms with Gasteiger partial charge in [-0.25, -0.2) is 4.98 Å². The van der Waals surface area contributed by atoms with Gasteiger partial charge in [-0.05, 0) is 29.6 Å². The molecular formula is C12H9ClN2S2. The average molecular weight is 281 g/mol. The number of aromatic nitrogens is 1. The van der Waals surface area contributed by atoms with Gasteiger partial charge in [0.1, 0.15) is 0 Å². The van der Waals surface area contributed by atoms with Crippen LogP contribution < -0.4 is 5.32 Å². The van der Waals surface area contributed by atoms with E-state index < -0.39 is 0 Å². The van der Waals surface area contributed by atoms with Gasteiger partial charge in [-0.1, -0.05) is 29.0 Å². The predicted octanol–water partition coefficient (Wildman–Crippen LogP) is 4.62. The van der Waals surface area contributed by atoms with Crippen LogP contribution in [-0.2, 0) is 6.54 Å². The third kappa shape index (κ3) is 2.44. The quantitative estimate of drug-likeness (QED) is 0.757. The molecule has 2 nitrogen and oxygen atoms in total. The van der Waals surface area contributed by atoms with E-state index in [4.69, 9.17) is 11.6 Å². The number of fused-ring (bicyclic) bond motifs is 1. The van der Waals surface area contributed by atoms with Gasteiger partial charge in [0.2, 0.25) is 0 Å². The van der Waals surface area contributed by atoms with E-state index in [-0.39, 0.29) is 0 Å². The van der Waals surface area contributed by atoms with Crippen molar-refractivity contribution in [1.82, 2.24) is 4.98 Å². The summed E-state index contributed by atoms with van der Waals surface area (Å²) in [5, 5.41) is 7.08. The van der Waals surface area contributed by atoms with Gasteiger partial charge in [-0.2, -0.15) is 0 Å². The molecule has 0 saturated heterocycles. The number of hydrogen-bond donors (Lipinski definition) is 1. The van der Waals surface area contributed by atoms with Crippen LogP contribution in [0.2, 0.25) is 5.02 Å². The van der Waals surface area contributed by atoms with Crippen molar-refractivity contribution >= 4 is 49.6 Å². The maximum Gasteiger partial charge on any atom is 0.184 e. The Morgan fingerprint density at radius 2 is 2.24 bits per heavy atom. The number of nitrogens with zero attached hydrogens (tertiary/aromatic N) is 1. The zero-order valence-corrected chi connectivity index (χ0v) is 11.2. The molecule has 3 rings (SSSR count). The summed E-state index contributed by atoms with van der Waals surface area (Å²) >= 11 is 9.33. The second-order valence-corrected chi connectivity index (χ2v) is 6.06. The van der Waals surface area contributed by atoms with Gasteiger partial charge < -0.3 is 5.32 Å². The number of benzene rings is 1. The highest BCUT2D eigenvalue weighted by atomic mass is 35.5. The van der Waals surface area contributed by atoms with Crippen molar-refractivity contribution in [1.29, 1.82) is 0 Å². The first-order valence-corrected chi connectivity index (χ1v) is 7.21.